The Balaban J connectivity index is 1.74. The molecule has 3 aromatic rings. The molecule has 5 nitrogen and oxygen atoms in total. The van der Waals surface area contributed by atoms with E-state index in [9.17, 15) is 12.8 Å². The lowest BCUT2D eigenvalue weighted by molar-refractivity contribution is 0.599. The molecule has 0 aliphatic rings. The van der Waals surface area contributed by atoms with Gasteiger partial charge in [-0.05, 0) is 48.5 Å². The molecule has 0 aliphatic heterocycles. The lowest BCUT2D eigenvalue weighted by Gasteiger charge is -2.09. The maximum Gasteiger partial charge on any atom is 0.261 e. The third kappa shape index (κ3) is 3.77. The van der Waals surface area contributed by atoms with E-state index in [0.717, 1.165) is 22.2 Å². The molecule has 0 atom stereocenters. The van der Waals surface area contributed by atoms with Gasteiger partial charge in [-0.1, -0.05) is 11.8 Å². The van der Waals surface area contributed by atoms with E-state index >= 15 is 0 Å². The Kier molecular flexibility index (Phi) is 4.59. The largest absolute Gasteiger partial charge is 0.329 e. The van der Waals surface area contributed by atoms with Gasteiger partial charge in [0.1, 0.15) is 5.82 Å². The molecule has 0 saturated heterocycles. The number of rotatable bonds is 5. The Morgan fingerprint density at radius 1 is 1.08 bits per heavy atom. The zero-order valence-corrected chi connectivity index (χ0v) is 14.3. The SMILES string of the molecule is Cn1ccnc1Sc1ccc(NS(=O)(=O)c2ccc(F)cc2)cc1. The first kappa shape index (κ1) is 16.5. The Morgan fingerprint density at radius 3 is 2.33 bits per heavy atom. The van der Waals surface area contributed by atoms with Crippen LogP contribution in [0.3, 0.4) is 0 Å². The highest BCUT2D eigenvalue weighted by atomic mass is 32.2. The second-order valence-electron chi connectivity index (χ2n) is 5.01. The average Bonchev–Trinajstić information content (AvgIpc) is 2.94. The summed E-state index contributed by atoms with van der Waals surface area (Å²) in [5, 5.41) is 0.842. The van der Waals surface area contributed by atoms with Gasteiger partial charge in [0, 0.05) is 30.0 Å². The second kappa shape index (κ2) is 6.66. The van der Waals surface area contributed by atoms with E-state index in [1.807, 2.05) is 29.9 Å². The van der Waals surface area contributed by atoms with Gasteiger partial charge in [0.2, 0.25) is 0 Å². The zero-order valence-electron chi connectivity index (χ0n) is 12.7. The summed E-state index contributed by atoms with van der Waals surface area (Å²) in [4.78, 5) is 5.17. The molecule has 0 spiro atoms. The molecule has 0 saturated carbocycles. The molecule has 0 bridgehead atoms. The average molecular weight is 363 g/mol. The molecule has 0 amide bonds. The fraction of sp³-hybridized carbons (Fsp3) is 0.0625. The number of aromatic nitrogens is 2. The third-order valence-electron chi connectivity index (χ3n) is 3.22. The minimum atomic E-state index is -3.74. The molecule has 2 aromatic carbocycles. The van der Waals surface area contributed by atoms with Gasteiger partial charge in [-0.15, -0.1) is 0 Å². The van der Waals surface area contributed by atoms with E-state index in [0.29, 0.717) is 5.69 Å². The van der Waals surface area contributed by atoms with Crippen LogP contribution >= 0.6 is 11.8 Å². The van der Waals surface area contributed by atoms with Crippen LogP contribution in [0, 0.1) is 5.82 Å². The van der Waals surface area contributed by atoms with Gasteiger partial charge in [0.05, 0.1) is 4.90 Å². The summed E-state index contributed by atoms with van der Waals surface area (Å²) in [6.45, 7) is 0. The molecule has 1 N–H and O–H groups in total. The van der Waals surface area contributed by atoms with Gasteiger partial charge in [-0.25, -0.2) is 17.8 Å². The van der Waals surface area contributed by atoms with Crippen molar-refractivity contribution in [2.75, 3.05) is 4.72 Å². The van der Waals surface area contributed by atoms with E-state index in [-0.39, 0.29) is 4.90 Å². The van der Waals surface area contributed by atoms with Crippen LogP contribution in [0.5, 0.6) is 0 Å². The van der Waals surface area contributed by atoms with Crippen LogP contribution in [-0.2, 0) is 17.1 Å². The van der Waals surface area contributed by atoms with Crippen molar-refractivity contribution in [3.05, 3.63) is 66.7 Å². The maximum absolute atomic E-state index is 12.9. The fourth-order valence-corrected chi connectivity index (χ4v) is 3.83. The van der Waals surface area contributed by atoms with Crippen molar-refractivity contribution < 1.29 is 12.8 Å². The molecule has 0 radical (unpaired) electrons. The number of nitrogens with one attached hydrogen (secondary N) is 1. The van der Waals surface area contributed by atoms with Crippen LogP contribution in [0.25, 0.3) is 0 Å². The zero-order chi connectivity index (χ0) is 17.2. The minimum Gasteiger partial charge on any atom is -0.329 e. The highest BCUT2D eigenvalue weighted by Crippen LogP contribution is 2.27. The van der Waals surface area contributed by atoms with Gasteiger partial charge in [0.15, 0.2) is 5.16 Å². The van der Waals surface area contributed by atoms with E-state index in [1.165, 1.54) is 23.9 Å². The van der Waals surface area contributed by atoms with Crippen molar-refractivity contribution in [1.29, 1.82) is 0 Å². The van der Waals surface area contributed by atoms with Gasteiger partial charge in [-0.3, -0.25) is 4.72 Å². The summed E-state index contributed by atoms with van der Waals surface area (Å²) in [5.41, 5.74) is 0.434. The first-order chi connectivity index (χ1) is 11.4. The predicted octanol–water partition coefficient (Wildman–Crippen LogP) is 3.51. The van der Waals surface area contributed by atoms with Crippen LogP contribution in [0.2, 0.25) is 0 Å². The van der Waals surface area contributed by atoms with Gasteiger partial charge >= 0.3 is 0 Å². The van der Waals surface area contributed by atoms with Gasteiger partial charge < -0.3 is 4.57 Å². The maximum atomic E-state index is 12.9. The highest BCUT2D eigenvalue weighted by Gasteiger charge is 2.14. The Morgan fingerprint density at radius 2 is 1.75 bits per heavy atom. The first-order valence-electron chi connectivity index (χ1n) is 6.98. The lowest BCUT2D eigenvalue weighted by atomic mass is 10.3. The second-order valence-corrected chi connectivity index (χ2v) is 7.73. The summed E-state index contributed by atoms with van der Waals surface area (Å²) in [7, 11) is -1.84. The number of halogens is 1. The molecular formula is C16H14FN3O2S2. The monoisotopic (exact) mass is 363 g/mol. The van der Waals surface area contributed by atoms with Gasteiger partial charge in [-0.2, -0.15) is 0 Å². The van der Waals surface area contributed by atoms with Crippen molar-refractivity contribution in [2.24, 2.45) is 7.05 Å². The number of nitrogens with zero attached hydrogens (tertiary/aromatic N) is 2. The number of imidazole rings is 1. The van der Waals surface area contributed by atoms with Crippen LogP contribution in [0.15, 0.2) is 75.9 Å². The summed E-state index contributed by atoms with van der Waals surface area (Å²) >= 11 is 1.48. The summed E-state index contributed by atoms with van der Waals surface area (Å²) in [5.74, 6) is -0.482. The Labute approximate surface area is 143 Å². The normalized spacial score (nSPS) is 11.4. The predicted molar refractivity (Wildman–Crippen MR) is 91.0 cm³/mol. The third-order valence-corrected chi connectivity index (χ3v) is 5.70. The Bertz CT molecular complexity index is 936. The standard InChI is InChI=1S/C16H14FN3O2S2/c1-20-11-10-18-16(20)23-14-6-4-13(5-7-14)19-24(21,22)15-8-2-12(17)3-9-15/h2-11,19H,1H3. The number of benzene rings is 2. The van der Waals surface area contributed by atoms with Crippen molar-refractivity contribution in [3.63, 3.8) is 0 Å². The molecular weight excluding hydrogens is 349 g/mol. The van der Waals surface area contributed by atoms with Crippen molar-refractivity contribution in [2.45, 2.75) is 14.9 Å². The molecule has 0 aliphatic carbocycles. The molecule has 0 fully saturated rings. The van der Waals surface area contributed by atoms with Crippen LogP contribution in [0.4, 0.5) is 10.1 Å². The Hall–Kier alpha value is -2.32. The molecule has 3 rings (SSSR count). The molecule has 1 aromatic heterocycles. The van der Waals surface area contributed by atoms with Crippen LogP contribution in [-0.4, -0.2) is 18.0 Å². The minimum absolute atomic E-state index is 0.00959. The number of anilines is 1. The number of aryl methyl sites for hydroxylation is 1. The topological polar surface area (TPSA) is 64.0 Å². The quantitative estimate of drug-likeness (QED) is 0.753. The fourth-order valence-electron chi connectivity index (χ4n) is 1.97. The van der Waals surface area contributed by atoms with Crippen LogP contribution in [0.1, 0.15) is 0 Å². The molecule has 8 heteroatoms. The van der Waals surface area contributed by atoms with Crippen molar-refractivity contribution >= 4 is 27.5 Å². The van der Waals surface area contributed by atoms with E-state index < -0.39 is 15.8 Å². The highest BCUT2D eigenvalue weighted by molar-refractivity contribution is 7.99. The van der Waals surface area contributed by atoms with E-state index in [1.54, 1.807) is 18.3 Å². The summed E-state index contributed by atoms with van der Waals surface area (Å²) in [6, 6.07) is 11.6. The summed E-state index contributed by atoms with van der Waals surface area (Å²) in [6.07, 6.45) is 3.57. The number of hydrogen-bond donors (Lipinski definition) is 1. The molecule has 1 heterocycles. The summed E-state index contributed by atoms with van der Waals surface area (Å²) < 4.78 is 41.8. The smallest absolute Gasteiger partial charge is 0.261 e. The lowest BCUT2D eigenvalue weighted by Crippen LogP contribution is -2.12. The van der Waals surface area contributed by atoms with E-state index in [4.69, 9.17) is 0 Å². The van der Waals surface area contributed by atoms with Gasteiger partial charge in [0.25, 0.3) is 10.0 Å². The van der Waals surface area contributed by atoms with E-state index in [2.05, 4.69) is 9.71 Å². The first-order valence-corrected chi connectivity index (χ1v) is 9.28. The molecule has 0 unspecified atom stereocenters. The van der Waals surface area contributed by atoms with Crippen molar-refractivity contribution in [1.82, 2.24) is 9.55 Å². The van der Waals surface area contributed by atoms with Crippen LogP contribution < -0.4 is 4.72 Å². The number of hydrogen-bond acceptors (Lipinski definition) is 4. The van der Waals surface area contributed by atoms with Crippen molar-refractivity contribution in [3.8, 4) is 0 Å². The number of sulfonamides is 1. The molecule has 124 valence electrons. The molecule has 24 heavy (non-hydrogen) atoms.